The minimum Gasteiger partial charge on any atom is -0.484 e. The fraction of sp³-hybridized carbons (Fsp3) is 0.211. The second kappa shape index (κ2) is 9.83. The molecule has 2 rings (SSSR count). The molecule has 0 aliphatic heterocycles. The average Bonchev–Trinajstić information content (AvgIpc) is 2.69. The van der Waals surface area contributed by atoms with Gasteiger partial charge in [-0.2, -0.15) is 0 Å². The van der Waals surface area contributed by atoms with E-state index in [1.165, 1.54) is 0 Å². The van der Waals surface area contributed by atoms with Crippen LogP contribution in [0.15, 0.2) is 54.6 Å². The molecule has 26 heavy (non-hydrogen) atoms. The second-order valence-electron chi connectivity index (χ2n) is 5.43. The van der Waals surface area contributed by atoms with Gasteiger partial charge in [0.15, 0.2) is 6.61 Å². The van der Waals surface area contributed by atoms with E-state index in [1.54, 1.807) is 36.4 Å². The summed E-state index contributed by atoms with van der Waals surface area (Å²) in [6, 6.07) is 15.9. The van der Waals surface area contributed by atoms with Crippen molar-refractivity contribution in [1.29, 1.82) is 0 Å². The molecule has 0 aliphatic rings. The van der Waals surface area contributed by atoms with Gasteiger partial charge in [0.25, 0.3) is 17.7 Å². The summed E-state index contributed by atoms with van der Waals surface area (Å²) in [6.45, 7) is 1.55. The summed E-state index contributed by atoms with van der Waals surface area (Å²) in [7, 11) is 0. The molecule has 7 nitrogen and oxygen atoms in total. The van der Waals surface area contributed by atoms with Crippen LogP contribution >= 0.6 is 0 Å². The minimum absolute atomic E-state index is 0.201. The van der Waals surface area contributed by atoms with Crippen molar-refractivity contribution in [3.8, 4) is 5.75 Å². The monoisotopic (exact) mass is 355 g/mol. The summed E-state index contributed by atoms with van der Waals surface area (Å²) in [5.74, 6) is -0.852. The highest BCUT2D eigenvalue weighted by Crippen LogP contribution is 2.07. The fourth-order valence-corrected chi connectivity index (χ4v) is 2.03. The van der Waals surface area contributed by atoms with Crippen molar-refractivity contribution in [1.82, 2.24) is 16.2 Å². The molecule has 136 valence electrons. The zero-order valence-electron chi connectivity index (χ0n) is 14.5. The molecular weight excluding hydrogens is 334 g/mol. The smallest absolute Gasteiger partial charge is 0.269 e. The van der Waals surface area contributed by atoms with Crippen LogP contribution in [0.3, 0.4) is 0 Å². The van der Waals surface area contributed by atoms with Crippen LogP contribution in [-0.4, -0.2) is 30.9 Å². The zero-order chi connectivity index (χ0) is 18.8. The number of aryl methyl sites for hydroxylation is 1. The normalized spacial score (nSPS) is 9.88. The SMILES string of the molecule is CCc1ccc(C(=O)NNC(=O)CNC(=O)COc2ccccc2)cc1. The molecular formula is C19H21N3O4. The number of amides is 3. The number of hydrogen-bond acceptors (Lipinski definition) is 4. The number of hydrogen-bond donors (Lipinski definition) is 3. The molecule has 3 N–H and O–H groups in total. The Balaban J connectivity index is 1.66. The highest BCUT2D eigenvalue weighted by molar-refractivity contribution is 5.95. The Morgan fingerprint density at radius 3 is 2.23 bits per heavy atom. The first-order valence-electron chi connectivity index (χ1n) is 8.21. The van der Waals surface area contributed by atoms with E-state index in [-0.39, 0.29) is 13.2 Å². The lowest BCUT2D eigenvalue weighted by atomic mass is 10.1. The van der Waals surface area contributed by atoms with Gasteiger partial charge in [-0.1, -0.05) is 37.3 Å². The molecule has 0 heterocycles. The van der Waals surface area contributed by atoms with Gasteiger partial charge in [-0.25, -0.2) is 0 Å². The maximum atomic E-state index is 11.9. The summed E-state index contributed by atoms with van der Waals surface area (Å²) in [5, 5.41) is 2.40. The summed E-state index contributed by atoms with van der Waals surface area (Å²) in [6.07, 6.45) is 0.881. The Hall–Kier alpha value is -3.35. The lowest BCUT2D eigenvalue weighted by Crippen LogP contribution is -2.46. The Kier molecular flexibility index (Phi) is 7.17. The molecule has 7 heteroatoms. The van der Waals surface area contributed by atoms with Gasteiger partial charge in [-0.05, 0) is 36.2 Å². The first kappa shape index (κ1) is 19.0. The standard InChI is InChI=1S/C19H21N3O4/c1-2-14-8-10-15(11-9-14)19(25)22-21-17(23)12-20-18(24)13-26-16-6-4-3-5-7-16/h3-11H,2,12-13H2,1H3,(H,20,24)(H,21,23)(H,22,25). The third-order valence-corrected chi connectivity index (χ3v) is 3.50. The highest BCUT2D eigenvalue weighted by Gasteiger charge is 2.09. The molecule has 0 saturated heterocycles. The van der Waals surface area contributed by atoms with E-state index < -0.39 is 17.7 Å². The molecule has 0 bridgehead atoms. The molecule has 0 saturated carbocycles. The topological polar surface area (TPSA) is 96.5 Å². The molecule has 0 atom stereocenters. The maximum absolute atomic E-state index is 11.9. The lowest BCUT2D eigenvalue weighted by molar-refractivity contribution is -0.127. The average molecular weight is 355 g/mol. The summed E-state index contributed by atoms with van der Waals surface area (Å²) >= 11 is 0. The summed E-state index contributed by atoms with van der Waals surface area (Å²) < 4.78 is 5.26. The van der Waals surface area contributed by atoms with Crippen molar-refractivity contribution < 1.29 is 19.1 Å². The Labute approximate surface area is 151 Å². The van der Waals surface area contributed by atoms with E-state index >= 15 is 0 Å². The van der Waals surface area contributed by atoms with Crippen LogP contribution in [0.2, 0.25) is 0 Å². The van der Waals surface area contributed by atoms with E-state index in [0.717, 1.165) is 12.0 Å². The Morgan fingerprint density at radius 1 is 0.885 bits per heavy atom. The van der Waals surface area contributed by atoms with E-state index in [2.05, 4.69) is 16.2 Å². The number of benzene rings is 2. The third kappa shape index (κ3) is 6.27. The molecule has 2 aromatic carbocycles. The van der Waals surface area contributed by atoms with Crippen LogP contribution in [0, 0.1) is 0 Å². The van der Waals surface area contributed by atoms with Gasteiger partial charge in [0.1, 0.15) is 5.75 Å². The van der Waals surface area contributed by atoms with Crippen molar-refractivity contribution in [3.05, 3.63) is 65.7 Å². The predicted molar refractivity (Wildman–Crippen MR) is 96.4 cm³/mol. The van der Waals surface area contributed by atoms with Crippen molar-refractivity contribution in [3.63, 3.8) is 0 Å². The third-order valence-electron chi connectivity index (χ3n) is 3.50. The molecule has 0 aliphatic carbocycles. The molecule has 0 spiro atoms. The van der Waals surface area contributed by atoms with Crippen LogP contribution in [0.5, 0.6) is 5.75 Å². The number of nitrogens with one attached hydrogen (secondary N) is 3. The van der Waals surface area contributed by atoms with Gasteiger partial charge in [0.05, 0.1) is 6.54 Å². The molecule has 0 radical (unpaired) electrons. The van der Waals surface area contributed by atoms with Gasteiger partial charge < -0.3 is 10.1 Å². The Morgan fingerprint density at radius 2 is 1.58 bits per heavy atom. The predicted octanol–water partition coefficient (Wildman–Crippen LogP) is 1.21. The maximum Gasteiger partial charge on any atom is 0.269 e. The quantitative estimate of drug-likeness (QED) is 0.650. The van der Waals surface area contributed by atoms with Crippen molar-refractivity contribution >= 4 is 17.7 Å². The first-order chi connectivity index (χ1) is 12.6. The van der Waals surface area contributed by atoms with Crippen LogP contribution in [-0.2, 0) is 16.0 Å². The highest BCUT2D eigenvalue weighted by atomic mass is 16.5. The second-order valence-corrected chi connectivity index (χ2v) is 5.43. The van der Waals surface area contributed by atoms with Crippen molar-refractivity contribution in [2.75, 3.05) is 13.2 Å². The number of rotatable bonds is 7. The minimum atomic E-state index is -0.545. The van der Waals surface area contributed by atoms with E-state index in [9.17, 15) is 14.4 Å². The summed E-state index contributed by atoms with van der Waals surface area (Å²) in [4.78, 5) is 35.2. The van der Waals surface area contributed by atoms with Gasteiger partial charge in [0.2, 0.25) is 0 Å². The van der Waals surface area contributed by atoms with Gasteiger partial charge in [0, 0.05) is 5.56 Å². The molecule has 3 amide bonds. The Bertz CT molecular complexity index is 745. The zero-order valence-corrected chi connectivity index (χ0v) is 14.5. The molecule has 0 aromatic heterocycles. The fourth-order valence-electron chi connectivity index (χ4n) is 2.03. The van der Waals surface area contributed by atoms with E-state index in [4.69, 9.17) is 4.74 Å². The van der Waals surface area contributed by atoms with E-state index in [0.29, 0.717) is 11.3 Å². The largest absolute Gasteiger partial charge is 0.484 e. The number of hydrazine groups is 1. The van der Waals surface area contributed by atoms with Gasteiger partial charge >= 0.3 is 0 Å². The van der Waals surface area contributed by atoms with Crippen LogP contribution in [0.25, 0.3) is 0 Å². The number of carbonyl (C=O) groups is 3. The van der Waals surface area contributed by atoms with Crippen LogP contribution in [0.1, 0.15) is 22.8 Å². The van der Waals surface area contributed by atoms with Crippen molar-refractivity contribution in [2.24, 2.45) is 0 Å². The number of para-hydroxylation sites is 1. The van der Waals surface area contributed by atoms with Crippen molar-refractivity contribution in [2.45, 2.75) is 13.3 Å². The molecule has 0 fully saturated rings. The first-order valence-corrected chi connectivity index (χ1v) is 8.21. The van der Waals surface area contributed by atoms with Crippen LogP contribution < -0.4 is 20.9 Å². The molecule has 0 unspecified atom stereocenters. The molecule has 2 aromatic rings. The summed E-state index contributed by atoms with van der Waals surface area (Å²) in [5.41, 5.74) is 6.09. The van der Waals surface area contributed by atoms with E-state index in [1.807, 2.05) is 25.1 Å². The van der Waals surface area contributed by atoms with Gasteiger partial charge in [-0.15, -0.1) is 0 Å². The lowest BCUT2D eigenvalue weighted by Gasteiger charge is -2.09. The number of carbonyl (C=O) groups excluding carboxylic acids is 3. The van der Waals surface area contributed by atoms with Crippen LogP contribution in [0.4, 0.5) is 0 Å². The van der Waals surface area contributed by atoms with Gasteiger partial charge in [-0.3, -0.25) is 25.2 Å². The number of ether oxygens (including phenoxy) is 1.